The summed E-state index contributed by atoms with van der Waals surface area (Å²) in [6, 6.07) is 8.74. The topological polar surface area (TPSA) is 60.2 Å². The molecule has 0 unspecified atom stereocenters. The molecule has 1 aliphatic rings. The number of halogens is 2. The highest BCUT2D eigenvalue weighted by molar-refractivity contribution is 8.00. The van der Waals surface area contributed by atoms with Gasteiger partial charge in [-0.1, -0.05) is 29.4 Å². The van der Waals surface area contributed by atoms with Crippen LogP contribution in [-0.4, -0.2) is 52.6 Å². The number of thioether (sulfide) groups is 1. The summed E-state index contributed by atoms with van der Waals surface area (Å²) in [6.45, 7) is 6.66. The van der Waals surface area contributed by atoms with Gasteiger partial charge in [-0.25, -0.2) is 9.37 Å². The molecule has 1 aromatic carbocycles. The zero-order chi connectivity index (χ0) is 21.0. The minimum absolute atomic E-state index is 0.0171. The van der Waals surface area contributed by atoms with Gasteiger partial charge in [0.25, 0.3) is 0 Å². The smallest absolute Gasteiger partial charge is 0.233 e. The Morgan fingerprint density at radius 2 is 2.03 bits per heavy atom. The Morgan fingerprint density at radius 1 is 1.31 bits per heavy atom. The van der Waals surface area contributed by atoms with Crippen molar-refractivity contribution in [3.05, 3.63) is 57.5 Å². The number of carbonyl (C=O) groups excluding carboxylic acids is 1. The third kappa shape index (κ3) is 5.27. The highest BCUT2D eigenvalue weighted by Crippen LogP contribution is 2.25. The lowest BCUT2D eigenvalue weighted by atomic mass is 10.1. The SMILES string of the molecule is Cc1cc(C)c(C#N)c(SCC(=O)N2CCN(Cc3c(F)cccc3Cl)CC2)n1. The quantitative estimate of drug-likeness (QED) is 0.672. The van der Waals surface area contributed by atoms with E-state index in [9.17, 15) is 14.4 Å². The number of nitrogens with zero attached hydrogens (tertiary/aromatic N) is 4. The van der Waals surface area contributed by atoms with Crippen LogP contribution in [0.2, 0.25) is 5.02 Å². The van der Waals surface area contributed by atoms with Gasteiger partial charge in [0, 0.05) is 49.0 Å². The summed E-state index contributed by atoms with van der Waals surface area (Å²) >= 11 is 7.42. The molecule has 0 saturated carbocycles. The van der Waals surface area contributed by atoms with E-state index in [1.807, 2.05) is 19.9 Å². The molecule has 2 heterocycles. The van der Waals surface area contributed by atoms with Crippen molar-refractivity contribution in [2.75, 3.05) is 31.9 Å². The van der Waals surface area contributed by atoms with E-state index in [1.54, 1.807) is 17.0 Å². The maximum atomic E-state index is 14.0. The number of benzene rings is 1. The number of nitriles is 1. The molecule has 1 aromatic heterocycles. The van der Waals surface area contributed by atoms with Crippen LogP contribution in [0.1, 0.15) is 22.4 Å². The number of aryl methyl sites for hydroxylation is 2. The first-order valence-electron chi connectivity index (χ1n) is 9.33. The molecule has 0 atom stereocenters. The first kappa shape index (κ1) is 21.6. The summed E-state index contributed by atoms with van der Waals surface area (Å²) in [4.78, 5) is 20.9. The highest BCUT2D eigenvalue weighted by atomic mass is 35.5. The Hall–Kier alpha value is -2.14. The second kappa shape index (κ2) is 9.57. The van der Waals surface area contributed by atoms with E-state index in [0.717, 1.165) is 11.3 Å². The number of hydrogen-bond acceptors (Lipinski definition) is 5. The van der Waals surface area contributed by atoms with Crippen molar-refractivity contribution in [2.24, 2.45) is 0 Å². The predicted octanol–water partition coefficient (Wildman–Crippen LogP) is 3.80. The van der Waals surface area contributed by atoms with Gasteiger partial charge in [0.2, 0.25) is 5.91 Å². The number of piperazine rings is 1. The molecule has 1 aliphatic heterocycles. The van der Waals surface area contributed by atoms with Crippen molar-refractivity contribution in [1.82, 2.24) is 14.8 Å². The van der Waals surface area contributed by atoms with Gasteiger partial charge in [-0.3, -0.25) is 9.69 Å². The second-order valence-electron chi connectivity index (χ2n) is 7.02. The molecule has 0 aliphatic carbocycles. The maximum absolute atomic E-state index is 14.0. The monoisotopic (exact) mass is 432 g/mol. The lowest BCUT2D eigenvalue weighted by Gasteiger charge is -2.35. The number of hydrogen-bond donors (Lipinski definition) is 0. The van der Waals surface area contributed by atoms with Crippen molar-refractivity contribution in [1.29, 1.82) is 5.26 Å². The standard InChI is InChI=1S/C21H22ClFN4OS/c1-14-10-15(2)25-21(16(14)11-24)29-13-20(28)27-8-6-26(7-9-27)12-17-18(22)4-3-5-19(17)23/h3-5,10H,6-9,12-13H2,1-2H3. The fraction of sp³-hybridized carbons (Fsp3) is 0.381. The van der Waals surface area contributed by atoms with Crippen LogP contribution in [0.5, 0.6) is 0 Å². The maximum Gasteiger partial charge on any atom is 0.233 e. The minimum atomic E-state index is -0.304. The van der Waals surface area contributed by atoms with Gasteiger partial charge in [0.1, 0.15) is 16.9 Å². The van der Waals surface area contributed by atoms with Crippen LogP contribution in [-0.2, 0) is 11.3 Å². The average Bonchev–Trinajstić information content (AvgIpc) is 2.69. The van der Waals surface area contributed by atoms with Gasteiger partial charge in [0.15, 0.2) is 0 Å². The van der Waals surface area contributed by atoms with Crippen molar-refractivity contribution in [3.63, 3.8) is 0 Å². The van der Waals surface area contributed by atoms with Gasteiger partial charge in [0.05, 0.1) is 11.3 Å². The Balaban J connectivity index is 1.54. The second-order valence-corrected chi connectivity index (χ2v) is 8.39. The van der Waals surface area contributed by atoms with Crippen LogP contribution in [0, 0.1) is 31.0 Å². The van der Waals surface area contributed by atoms with Gasteiger partial charge in [-0.2, -0.15) is 5.26 Å². The molecule has 5 nitrogen and oxygen atoms in total. The number of aromatic nitrogens is 1. The Kier molecular flexibility index (Phi) is 7.12. The zero-order valence-corrected chi connectivity index (χ0v) is 18.0. The predicted molar refractivity (Wildman–Crippen MR) is 112 cm³/mol. The van der Waals surface area contributed by atoms with Gasteiger partial charge < -0.3 is 4.90 Å². The summed E-state index contributed by atoms with van der Waals surface area (Å²) in [5, 5.41) is 10.4. The van der Waals surface area contributed by atoms with E-state index in [1.165, 1.54) is 17.8 Å². The van der Waals surface area contributed by atoms with Gasteiger partial charge >= 0.3 is 0 Å². The molecule has 152 valence electrons. The molecule has 1 amide bonds. The van der Waals surface area contributed by atoms with Crippen LogP contribution in [0.25, 0.3) is 0 Å². The highest BCUT2D eigenvalue weighted by Gasteiger charge is 2.23. The number of amides is 1. The van der Waals surface area contributed by atoms with Gasteiger partial charge in [-0.05, 0) is 37.6 Å². The van der Waals surface area contributed by atoms with Crippen LogP contribution in [0.15, 0.2) is 29.3 Å². The van der Waals surface area contributed by atoms with Crippen molar-refractivity contribution >= 4 is 29.3 Å². The molecular weight excluding hydrogens is 411 g/mol. The van der Waals surface area contributed by atoms with Crippen LogP contribution < -0.4 is 0 Å². The third-order valence-corrected chi connectivity index (χ3v) is 6.24. The average molecular weight is 433 g/mol. The number of pyridine rings is 1. The molecule has 0 spiro atoms. The van der Waals surface area contributed by atoms with Crippen LogP contribution in [0.4, 0.5) is 4.39 Å². The van der Waals surface area contributed by atoms with Crippen LogP contribution in [0.3, 0.4) is 0 Å². The summed E-state index contributed by atoms with van der Waals surface area (Å²) in [6.07, 6.45) is 0. The summed E-state index contributed by atoms with van der Waals surface area (Å²) in [5.74, 6) is -0.0472. The van der Waals surface area contributed by atoms with Crippen molar-refractivity contribution in [3.8, 4) is 6.07 Å². The lowest BCUT2D eigenvalue weighted by Crippen LogP contribution is -2.48. The third-order valence-electron chi connectivity index (χ3n) is 4.92. The molecule has 0 bridgehead atoms. The number of carbonyl (C=O) groups is 1. The van der Waals surface area contributed by atoms with E-state index in [-0.39, 0.29) is 17.5 Å². The minimum Gasteiger partial charge on any atom is -0.339 e. The molecular formula is C21H22ClFN4OS. The first-order valence-corrected chi connectivity index (χ1v) is 10.7. The van der Waals surface area contributed by atoms with E-state index >= 15 is 0 Å². The molecule has 0 N–H and O–H groups in total. The van der Waals surface area contributed by atoms with E-state index < -0.39 is 0 Å². The lowest BCUT2D eigenvalue weighted by molar-refractivity contribution is -0.130. The summed E-state index contributed by atoms with van der Waals surface area (Å²) in [7, 11) is 0. The Labute approximate surface area is 179 Å². The molecule has 2 aromatic rings. The first-order chi connectivity index (χ1) is 13.9. The number of rotatable bonds is 5. The van der Waals surface area contributed by atoms with E-state index in [0.29, 0.717) is 53.9 Å². The molecule has 1 fully saturated rings. The molecule has 1 saturated heterocycles. The van der Waals surface area contributed by atoms with Crippen molar-refractivity contribution < 1.29 is 9.18 Å². The Bertz CT molecular complexity index is 934. The van der Waals surface area contributed by atoms with Gasteiger partial charge in [-0.15, -0.1) is 0 Å². The van der Waals surface area contributed by atoms with Crippen LogP contribution >= 0.6 is 23.4 Å². The zero-order valence-electron chi connectivity index (χ0n) is 16.4. The summed E-state index contributed by atoms with van der Waals surface area (Å²) in [5.41, 5.74) is 2.72. The molecule has 8 heteroatoms. The summed E-state index contributed by atoms with van der Waals surface area (Å²) < 4.78 is 14.0. The fourth-order valence-corrected chi connectivity index (χ4v) is 4.55. The fourth-order valence-electron chi connectivity index (χ4n) is 3.33. The van der Waals surface area contributed by atoms with E-state index in [4.69, 9.17) is 11.6 Å². The molecule has 0 radical (unpaired) electrons. The molecule has 29 heavy (non-hydrogen) atoms. The Morgan fingerprint density at radius 3 is 2.69 bits per heavy atom. The molecule has 3 rings (SSSR count). The van der Waals surface area contributed by atoms with E-state index in [2.05, 4.69) is 16.0 Å². The normalized spacial score (nSPS) is 14.7. The largest absolute Gasteiger partial charge is 0.339 e. The van der Waals surface area contributed by atoms with Crippen molar-refractivity contribution in [2.45, 2.75) is 25.4 Å².